The molecule has 0 aliphatic carbocycles. The van der Waals surface area contributed by atoms with E-state index in [0.29, 0.717) is 26.8 Å². The first kappa shape index (κ1) is 18.0. The van der Waals surface area contributed by atoms with Gasteiger partial charge in [0.15, 0.2) is 0 Å². The zero-order chi connectivity index (χ0) is 19.9. The first-order valence-electron chi connectivity index (χ1n) is 8.11. The largest absolute Gasteiger partial charge is 0.497 e. The van der Waals surface area contributed by atoms with Gasteiger partial charge in [0.25, 0.3) is 5.91 Å². The summed E-state index contributed by atoms with van der Waals surface area (Å²) in [6.45, 7) is -0.296. The van der Waals surface area contributed by atoms with E-state index in [-0.39, 0.29) is 17.7 Å². The molecule has 28 heavy (non-hydrogen) atoms. The normalized spacial score (nSPS) is 15.6. The van der Waals surface area contributed by atoms with E-state index in [4.69, 9.17) is 4.74 Å². The number of benzene rings is 1. The predicted molar refractivity (Wildman–Crippen MR) is 98.6 cm³/mol. The molecule has 0 saturated carbocycles. The summed E-state index contributed by atoms with van der Waals surface area (Å²) in [6.07, 6.45) is 3.03. The van der Waals surface area contributed by atoms with Crippen LogP contribution in [0.3, 0.4) is 0 Å². The van der Waals surface area contributed by atoms with E-state index in [1.165, 1.54) is 19.4 Å². The maximum atomic E-state index is 14.9. The molecule has 12 heteroatoms. The smallest absolute Gasteiger partial charge is 0.326 e. The van der Waals surface area contributed by atoms with Gasteiger partial charge in [-0.25, -0.2) is 18.4 Å². The number of nitrogens with zero attached hydrogens (tertiary/aromatic N) is 3. The quantitative estimate of drug-likeness (QED) is 0.574. The van der Waals surface area contributed by atoms with Gasteiger partial charge in [0, 0.05) is 24.2 Å². The number of rotatable bonds is 5. The van der Waals surface area contributed by atoms with Crippen molar-refractivity contribution in [2.75, 3.05) is 23.3 Å². The number of aromatic amines is 1. The molecule has 0 atom stereocenters. The number of halogens is 1. The Morgan fingerprint density at radius 2 is 2.21 bits per heavy atom. The Labute approximate surface area is 158 Å². The predicted octanol–water partition coefficient (Wildman–Crippen LogP) is 0.899. The number of pyridine rings is 1. The maximum Gasteiger partial charge on any atom is 0.326 e. The number of ether oxygens (including phenoxy) is 1. The minimum atomic E-state index is -4.15. The van der Waals surface area contributed by atoms with Crippen LogP contribution in [0.15, 0.2) is 30.6 Å². The monoisotopic (exact) mass is 406 g/mol. The Hall–Kier alpha value is -3.41. The van der Waals surface area contributed by atoms with Crippen molar-refractivity contribution in [1.29, 1.82) is 0 Å². The van der Waals surface area contributed by atoms with Gasteiger partial charge in [0.2, 0.25) is 0 Å². The third-order valence-electron chi connectivity index (χ3n) is 4.25. The van der Waals surface area contributed by atoms with Crippen LogP contribution in [0.2, 0.25) is 0 Å². The zero-order valence-electron chi connectivity index (χ0n) is 14.6. The third-order valence-corrected chi connectivity index (χ3v) is 5.62. The highest BCUT2D eigenvalue weighted by Crippen LogP contribution is 2.34. The van der Waals surface area contributed by atoms with Crippen molar-refractivity contribution >= 4 is 38.5 Å². The first-order chi connectivity index (χ1) is 13.4. The lowest BCUT2D eigenvalue weighted by Gasteiger charge is -2.18. The third kappa shape index (κ3) is 3.07. The van der Waals surface area contributed by atoms with Gasteiger partial charge in [0.1, 0.15) is 29.6 Å². The van der Waals surface area contributed by atoms with Crippen molar-refractivity contribution in [3.8, 4) is 5.75 Å². The lowest BCUT2D eigenvalue weighted by Crippen LogP contribution is -2.30. The molecular formula is C16H15FN6O4S. The molecule has 0 radical (unpaired) electrons. The number of H-pyrrole nitrogens is 1. The molecule has 1 aliphatic heterocycles. The fraction of sp³-hybridized carbons (Fsp3) is 0.188. The molecule has 1 aromatic carbocycles. The van der Waals surface area contributed by atoms with Crippen molar-refractivity contribution in [3.05, 3.63) is 42.0 Å². The van der Waals surface area contributed by atoms with E-state index in [9.17, 15) is 17.6 Å². The Morgan fingerprint density at radius 1 is 1.39 bits per heavy atom. The Kier molecular flexibility index (Phi) is 4.26. The summed E-state index contributed by atoms with van der Waals surface area (Å²) in [5, 5.41) is 10.1. The van der Waals surface area contributed by atoms with Gasteiger partial charge in [-0.1, -0.05) is 0 Å². The molecule has 0 spiro atoms. The molecule has 3 N–H and O–H groups in total. The van der Waals surface area contributed by atoms with Crippen molar-refractivity contribution < 1.29 is 22.3 Å². The van der Waals surface area contributed by atoms with Gasteiger partial charge < -0.3 is 10.1 Å². The SMILES string of the molecule is COc1ccnc(NCc2cc(F)c(N3CC(=O)NS3(=O)=O)c3[nH]ncc23)c1. The number of carbonyl (C=O) groups is 1. The summed E-state index contributed by atoms with van der Waals surface area (Å²) in [7, 11) is -2.61. The molecule has 0 unspecified atom stereocenters. The highest BCUT2D eigenvalue weighted by atomic mass is 32.2. The van der Waals surface area contributed by atoms with Gasteiger partial charge in [0.05, 0.1) is 18.8 Å². The molecule has 3 aromatic rings. The van der Waals surface area contributed by atoms with Crippen LogP contribution in [0.1, 0.15) is 5.56 Å². The van der Waals surface area contributed by atoms with E-state index in [1.807, 2.05) is 4.72 Å². The van der Waals surface area contributed by atoms with Gasteiger partial charge >= 0.3 is 10.2 Å². The number of nitrogens with one attached hydrogen (secondary N) is 3. The standard InChI is InChI=1S/C16H15FN6O4S/c1-27-10-2-3-18-13(5-10)19-6-9-4-12(17)16(15-11(9)7-20-21-15)23-8-14(24)22-28(23,25)26/h2-5,7H,6,8H2,1H3,(H,18,19)(H,20,21)(H,22,24). The average Bonchev–Trinajstić information content (AvgIpc) is 3.24. The minimum absolute atomic E-state index is 0.176. The summed E-state index contributed by atoms with van der Waals surface area (Å²) in [5.74, 6) is -0.393. The minimum Gasteiger partial charge on any atom is -0.497 e. The molecule has 0 bridgehead atoms. The molecule has 1 aliphatic rings. The second kappa shape index (κ2) is 6.64. The summed E-state index contributed by atoms with van der Waals surface area (Å²) in [6, 6.07) is 4.59. The molecule has 10 nitrogen and oxygen atoms in total. The van der Waals surface area contributed by atoms with E-state index in [0.717, 1.165) is 0 Å². The van der Waals surface area contributed by atoms with E-state index in [2.05, 4.69) is 20.5 Å². The molecule has 1 fully saturated rings. The number of hydrogen-bond donors (Lipinski definition) is 3. The fourth-order valence-electron chi connectivity index (χ4n) is 2.99. The van der Waals surface area contributed by atoms with Crippen molar-refractivity contribution in [2.24, 2.45) is 0 Å². The number of hydrogen-bond acceptors (Lipinski definition) is 7. The Bertz CT molecular complexity index is 1180. The van der Waals surface area contributed by atoms with E-state index < -0.39 is 28.5 Å². The van der Waals surface area contributed by atoms with E-state index >= 15 is 0 Å². The second-order valence-corrected chi connectivity index (χ2v) is 7.59. The average molecular weight is 406 g/mol. The maximum absolute atomic E-state index is 14.9. The summed E-state index contributed by atoms with van der Waals surface area (Å²) in [5.41, 5.74) is 0.454. The number of methoxy groups -OCH3 is 1. The number of carbonyl (C=O) groups excluding carboxylic acids is 1. The Morgan fingerprint density at radius 3 is 2.93 bits per heavy atom. The van der Waals surface area contributed by atoms with Gasteiger partial charge in [-0.3, -0.25) is 9.89 Å². The van der Waals surface area contributed by atoms with Crippen LogP contribution in [0, 0.1) is 5.82 Å². The molecule has 4 rings (SSSR count). The van der Waals surface area contributed by atoms with Crippen LogP contribution >= 0.6 is 0 Å². The van der Waals surface area contributed by atoms with Crippen LogP contribution in [-0.2, 0) is 21.5 Å². The van der Waals surface area contributed by atoms with E-state index in [1.54, 1.807) is 18.3 Å². The summed E-state index contributed by atoms with van der Waals surface area (Å²) in [4.78, 5) is 15.7. The lowest BCUT2D eigenvalue weighted by molar-refractivity contribution is -0.117. The molecular weight excluding hydrogens is 391 g/mol. The molecule has 146 valence electrons. The molecule has 2 aromatic heterocycles. The fourth-order valence-corrected chi connectivity index (χ4v) is 4.15. The number of anilines is 2. The number of fused-ring (bicyclic) bond motifs is 1. The summed E-state index contributed by atoms with van der Waals surface area (Å²) >= 11 is 0. The Balaban J connectivity index is 1.70. The molecule has 3 heterocycles. The van der Waals surface area contributed by atoms with Crippen LogP contribution < -0.4 is 19.1 Å². The highest BCUT2D eigenvalue weighted by Gasteiger charge is 2.37. The van der Waals surface area contributed by atoms with Crippen molar-refractivity contribution in [2.45, 2.75) is 6.54 Å². The van der Waals surface area contributed by atoms with Crippen LogP contribution in [0.4, 0.5) is 15.9 Å². The van der Waals surface area contributed by atoms with Crippen LogP contribution in [0.25, 0.3) is 10.9 Å². The topological polar surface area (TPSA) is 129 Å². The lowest BCUT2D eigenvalue weighted by atomic mass is 10.1. The van der Waals surface area contributed by atoms with Gasteiger partial charge in [-0.15, -0.1) is 0 Å². The van der Waals surface area contributed by atoms with Crippen LogP contribution in [-0.4, -0.2) is 43.2 Å². The van der Waals surface area contributed by atoms with Crippen molar-refractivity contribution in [1.82, 2.24) is 19.9 Å². The molecule has 1 saturated heterocycles. The highest BCUT2D eigenvalue weighted by molar-refractivity contribution is 7.92. The number of aromatic nitrogens is 3. The van der Waals surface area contributed by atoms with Crippen LogP contribution in [0.5, 0.6) is 5.75 Å². The number of amides is 1. The van der Waals surface area contributed by atoms with Gasteiger partial charge in [-0.05, 0) is 17.7 Å². The summed E-state index contributed by atoms with van der Waals surface area (Å²) < 4.78 is 46.7. The zero-order valence-corrected chi connectivity index (χ0v) is 15.4. The second-order valence-electron chi connectivity index (χ2n) is 6.00. The van der Waals surface area contributed by atoms with Gasteiger partial charge in [-0.2, -0.15) is 13.5 Å². The first-order valence-corrected chi connectivity index (χ1v) is 9.55. The van der Waals surface area contributed by atoms with Crippen molar-refractivity contribution in [3.63, 3.8) is 0 Å². The molecule has 1 amide bonds.